The van der Waals surface area contributed by atoms with Gasteiger partial charge in [-0.25, -0.2) is 4.39 Å². The number of nitrogens with one attached hydrogen (secondary N) is 1. The number of aliphatic carboxylic acids is 1. The van der Waals surface area contributed by atoms with E-state index in [0.29, 0.717) is 6.42 Å². The van der Waals surface area contributed by atoms with Crippen LogP contribution in [0.1, 0.15) is 6.42 Å². The van der Waals surface area contributed by atoms with Crippen molar-refractivity contribution in [2.45, 2.75) is 6.42 Å². The first-order valence-electron chi connectivity index (χ1n) is 4.97. The van der Waals surface area contributed by atoms with Gasteiger partial charge in [-0.15, -0.1) is 0 Å². The summed E-state index contributed by atoms with van der Waals surface area (Å²) >= 11 is 5.62. The van der Waals surface area contributed by atoms with Crippen LogP contribution in [0.3, 0.4) is 0 Å². The van der Waals surface area contributed by atoms with Crippen molar-refractivity contribution in [3.8, 4) is 0 Å². The van der Waals surface area contributed by atoms with Crippen molar-refractivity contribution >= 4 is 29.2 Å². The van der Waals surface area contributed by atoms with Gasteiger partial charge in [-0.05, 0) is 24.6 Å². The first-order valence-corrected chi connectivity index (χ1v) is 5.35. The lowest BCUT2D eigenvalue weighted by atomic mass is 10.2. The molecule has 0 bridgehead atoms. The van der Waals surface area contributed by atoms with Gasteiger partial charge in [0.1, 0.15) is 5.82 Å². The minimum Gasteiger partial charge on any atom is -0.481 e. The topological polar surface area (TPSA) is 66.4 Å². The van der Waals surface area contributed by atoms with E-state index in [1.165, 1.54) is 6.07 Å². The van der Waals surface area contributed by atoms with E-state index in [0.717, 1.165) is 12.1 Å². The quantitative estimate of drug-likeness (QED) is 0.872. The van der Waals surface area contributed by atoms with Gasteiger partial charge >= 0.3 is 5.97 Å². The highest BCUT2D eigenvalue weighted by atomic mass is 35.5. The molecule has 17 heavy (non-hydrogen) atoms. The molecule has 4 nitrogen and oxygen atoms in total. The molecule has 1 aliphatic rings. The second-order valence-electron chi connectivity index (χ2n) is 3.93. The molecule has 2 unspecified atom stereocenters. The molecule has 1 aromatic carbocycles. The van der Waals surface area contributed by atoms with Crippen LogP contribution in [0.4, 0.5) is 10.1 Å². The molecule has 6 heteroatoms. The van der Waals surface area contributed by atoms with Crippen LogP contribution in [-0.2, 0) is 9.59 Å². The molecule has 2 atom stereocenters. The van der Waals surface area contributed by atoms with Gasteiger partial charge in [-0.1, -0.05) is 11.6 Å². The maximum Gasteiger partial charge on any atom is 0.307 e. The fourth-order valence-corrected chi connectivity index (χ4v) is 1.84. The average Bonchev–Trinajstić information content (AvgIpc) is 2.94. The first kappa shape index (κ1) is 11.9. The number of rotatable bonds is 3. The van der Waals surface area contributed by atoms with Gasteiger partial charge in [0.2, 0.25) is 5.91 Å². The number of benzene rings is 1. The molecule has 1 fully saturated rings. The monoisotopic (exact) mass is 257 g/mol. The summed E-state index contributed by atoms with van der Waals surface area (Å²) in [4.78, 5) is 22.1. The molecule has 1 amide bonds. The Hall–Kier alpha value is -1.62. The van der Waals surface area contributed by atoms with Crippen molar-refractivity contribution in [1.29, 1.82) is 0 Å². The molecular weight excluding hydrogens is 249 g/mol. The Morgan fingerprint density at radius 3 is 2.59 bits per heavy atom. The first-order chi connectivity index (χ1) is 7.97. The zero-order valence-corrected chi connectivity index (χ0v) is 9.37. The third-order valence-corrected chi connectivity index (χ3v) is 2.79. The van der Waals surface area contributed by atoms with Gasteiger partial charge in [-0.3, -0.25) is 9.59 Å². The smallest absolute Gasteiger partial charge is 0.307 e. The van der Waals surface area contributed by atoms with Crippen molar-refractivity contribution in [1.82, 2.24) is 0 Å². The summed E-state index contributed by atoms with van der Waals surface area (Å²) < 4.78 is 13.0. The number of amides is 1. The number of anilines is 1. The van der Waals surface area contributed by atoms with Crippen molar-refractivity contribution < 1.29 is 19.1 Å². The van der Waals surface area contributed by atoms with Gasteiger partial charge < -0.3 is 10.4 Å². The SMILES string of the molecule is O=C(O)C1CC1C(=O)Nc1cc(F)cc(Cl)c1. The second-order valence-corrected chi connectivity index (χ2v) is 4.37. The molecule has 90 valence electrons. The zero-order valence-electron chi connectivity index (χ0n) is 8.61. The van der Waals surface area contributed by atoms with Gasteiger partial charge in [-0.2, -0.15) is 0 Å². The van der Waals surface area contributed by atoms with Crippen LogP contribution in [0.15, 0.2) is 18.2 Å². The third kappa shape index (κ3) is 2.74. The number of carbonyl (C=O) groups excluding carboxylic acids is 1. The predicted octanol–water partition coefficient (Wildman–Crippen LogP) is 2.14. The normalized spacial score (nSPS) is 22.0. The third-order valence-electron chi connectivity index (χ3n) is 2.57. The molecule has 0 aromatic heterocycles. The standard InChI is InChI=1S/C11H9ClFNO3/c12-5-1-6(13)3-7(2-5)14-10(15)8-4-9(8)11(16)17/h1-3,8-9H,4H2,(H,14,15)(H,16,17). The Bertz CT molecular complexity index is 471. The molecule has 1 saturated carbocycles. The zero-order chi connectivity index (χ0) is 12.6. The van der Waals surface area contributed by atoms with E-state index in [2.05, 4.69) is 5.32 Å². The largest absolute Gasteiger partial charge is 0.481 e. The molecule has 2 N–H and O–H groups in total. The predicted molar refractivity (Wildman–Crippen MR) is 59.3 cm³/mol. The highest BCUT2D eigenvalue weighted by molar-refractivity contribution is 6.30. The summed E-state index contributed by atoms with van der Waals surface area (Å²) in [5.41, 5.74) is 0.232. The molecule has 0 spiro atoms. The Balaban J connectivity index is 2.02. The number of carboxylic acids is 1. The average molecular weight is 258 g/mol. The van der Waals surface area contributed by atoms with E-state index >= 15 is 0 Å². The Morgan fingerprint density at radius 2 is 2.06 bits per heavy atom. The van der Waals surface area contributed by atoms with Gasteiger partial charge in [0.15, 0.2) is 0 Å². The van der Waals surface area contributed by atoms with Gasteiger partial charge in [0, 0.05) is 10.7 Å². The molecular formula is C11H9ClFNO3. The minimum absolute atomic E-state index is 0.172. The Morgan fingerprint density at radius 1 is 1.35 bits per heavy atom. The summed E-state index contributed by atoms with van der Waals surface area (Å²) in [6, 6.07) is 3.65. The molecule has 0 heterocycles. The van der Waals surface area contributed by atoms with Gasteiger partial charge in [0.05, 0.1) is 11.8 Å². The molecule has 0 saturated heterocycles. The molecule has 1 aliphatic carbocycles. The Kier molecular flexibility index (Phi) is 3.02. The van der Waals surface area contributed by atoms with Crippen LogP contribution in [0.25, 0.3) is 0 Å². The maximum atomic E-state index is 13.0. The summed E-state index contributed by atoms with van der Waals surface area (Å²) in [6.07, 6.45) is 0.324. The fraction of sp³-hybridized carbons (Fsp3) is 0.273. The van der Waals surface area contributed by atoms with Crippen molar-refractivity contribution in [2.24, 2.45) is 11.8 Å². The van der Waals surface area contributed by atoms with Crippen LogP contribution < -0.4 is 5.32 Å². The number of hydrogen-bond acceptors (Lipinski definition) is 2. The summed E-state index contributed by atoms with van der Waals surface area (Å²) in [5.74, 6) is -3.12. The van der Waals surface area contributed by atoms with Crippen molar-refractivity contribution in [3.05, 3.63) is 29.0 Å². The second kappa shape index (κ2) is 4.33. The lowest BCUT2D eigenvalue weighted by Gasteiger charge is -2.05. The molecule has 2 rings (SSSR count). The van der Waals surface area contributed by atoms with E-state index in [4.69, 9.17) is 16.7 Å². The highest BCUT2D eigenvalue weighted by Gasteiger charge is 2.48. The summed E-state index contributed by atoms with van der Waals surface area (Å²) in [7, 11) is 0. The van der Waals surface area contributed by atoms with E-state index in [9.17, 15) is 14.0 Å². The molecule has 1 aromatic rings. The lowest BCUT2D eigenvalue weighted by molar-refractivity contribution is -0.139. The fourth-order valence-electron chi connectivity index (χ4n) is 1.62. The Labute approximate surface area is 101 Å². The molecule has 0 radical (unpaired) electrons. The number of hydrogen-bond donors (Lipinski definition) is 2. The number of carboxylic acid groups (broad SMARTS) is 1. The highest BCUT2D eigenvalue weighted by Crippen LogP contribution is 2.39. The van der Waals surface area contributed by atoms with Crippen molar-refractivity contribution in [2.75, 3.05) is 5.32 Å². The van der Waals surface area contributed by atoms with Crippen LogP contribution in [-0.4, -0.2) is 17.0 Å². The maximum absolute atomic E-state index is 13.0. The van der Waals surface area contributed by atoms with Crippen LogP contribution >= 0.6 is 11.6 Å². The summed E-state index contributed by atoms with van der Waals surface area (Å²) in [6.45, 7) is 0. The van der Waals surface area contributed by atoms with E-state index < -0.39 is 29.5 Å². The van der Waals surface area contributed by atoms with Crippen LogP contribution in [0.2, 0.25) is 5.02 Å². The van der Waals surface area contributed by atoms with Crippen molar-refractivity contribution in [3.63, 3.8) is 0 Å². The van der Waals surface area contributed by atoms with E-state index in [-0.39, 0.29) is 10.7 Å². The number of carbonyl (C=O) groups is 2. The van der Waals surface area contributed by atoms with E-state index in [1.54, 1.807) is 0 Å². The van der Waals surface area contributed by atoms with E-state index in [1.807, 2.05) is 0 Å². The van der Waals surface area contributed by atoms with Crippen LogP contribution in [0, 0.1) is 17.7 Å². The number of halogens is 2. The minimum atomic E-state index is -0.984. The lowest BCUT2D eigenvalue weighted by Crippen LogP contribution is -2.16. The van der Waals surface area contributed by atoms with Gasteiger partial charge in [0.25, 0.3) is 0 Å². The summed E-state index contributed by atoms with van der Waals surface area (Å²) in [5, 5.41) is 11.3. The van der Waals surface area contributed by atoms with Crippen LogP contribution in [0.5, 0.6) is 0 Å². The molecule has 0 aliphatic heterocycles.